The van der Waals surface area contributed by atoms with Crippen molar-refractivity contribution in [1.29, 1.82) is 0 Å². The van der Waals surface area contributed by atoms with E-state index in [4.69, 9.17) is 4.74 Å². The molecule has 0 radical (unpaired) electrons. The molecule has 0 saturated heterocycles. The predicted octanol–water partition coefficient (Wildman–Crippen LogP) is 3.86. The zero-order valence-corrected chi connectivity index (χ0v) is 13.0. The van der Waals surface area contributed by atoms with Crippen molar-refractivity contribution in [2.24, 2.45) is 0 Å². The lowest BCUT2D eigenvalue weighted by Gasteiger charge is -2.23. The molecule has 1 aromatic heterocycles. The van der Waals surface area contributed by atoms with E-state index in [1.165, 1.54) is 37.7 Å². The first-order valence-electron chi connectivity index (χ1n) is 8.19. The van der Waals surface area contributed by atoms with Crippen molar-refractivity contribution in [1.82, 2.24) is 10.3 Å². The lowest BCUT2D eigenvalue weighted by molar-refractivity contribution is 0.148. The Morgan fingerprint density at radius 3 is 2.70 bits per heavy atom. The maximum absolute atomic E-state index is 6.12. The Labute approximate surface area is 123 Å². The highest BCUT2D eigenvalue weighted by Crippen LogP contribution is 2.23. The molecule has 1 aliphatic rings. The first-order valence-corrected chi connectivity index (χ1v) is 8.19. The van der Waals surface area contributed by atoms with E-state index in [2.05, 4.69) is 36.3 Å². The topological polar surface area (TPSA) is 34.1 Å². The van der Waals surface area contributed by atoms with Crippen LogP contribution in [0.3, 0.4) is 0 Å². The molecular formula is C17H28N2O. The van der Waals surface area contributed by atoms with Gasteiger partial charge in [-0.05, 0) is 50.3 Å². The minimum Gasteiger partial charge on any atom is -0.474 e. The summed E-state index contributed by atoms with van der Waals surface area (Å²) in [5, 5.41) is 3.38. The summed E-state index contributed by atoms with van der Waals surface area (Å²) in [4.78, 5) is 4.68. The second-order valence-electron chi connectivity index (χ2n) is 5.71. The van der Waals surface area contributed by atoms with E-state index in [0.717, 1.165) is 37.5 Å². The second kappa shape index (κ2) is 8.25. The molecule has 1 saturated carbocycles. The summed E-state index contributed by atoms with van der Waals surface area (Å²) in [6.45, 7) is 6.22. The molecule has 112 valence electrons. The number of pyridine rings is 1. The fourth-order valence-corrected chi connectivity index (χ4v) is 2.79. The van der Waals surface area contributed by atoms with Gasteiger partial charge in [-0.3, -0.25) is 0 Å². The molecule has 3 nitrogen and oxygen atoms in total. The summed E-state index contributed by atoms with van der Waals surface area (Å²) in [7, 11) is 0. The monoisotopic (exact) mass is 276 g/mol. The van der Waals surface area contributed by atoms with Crippen LogP contribution in [0, 0.1) is 0 Å². The largest absolute Gasteiger partial charge is 0.474 e. The fourth-order valence-electron chi connectivity index (χ4n) is 2.79. The lowest BCUT2D eigenvalue weighted by atomic mass is 9.98. The molecule has 2 rings (SSSR count). The Hall–Kier alpha value is -1.09. The normalized spacial score (nSPS) is 16.3. The first-order chi connectivity index (χ1) is 9.81. The minimum absolute atomic E-state index is 0.375. The molecular weight excluding hydrogens is 248 g/mol. The standard InChI is InChI=1S/C17H28N2O/c1-3-8-15-11-14(13-18-4-2)12-17(19-15)20-16-9-6-5-7-10-16/h11-12,16,18H,3-10,13H2,1-2H3. The third-order valence-electron chi connectivity index (χ3n) is 3.84. The maximum atomic E-state index is 6.12. The molecule has 0 aliphatic heterocycles. The lowest BCUT2D eigenvalue weighted by Crippen LogP contribution is -2.20. The average Bonchev–Trinajstić information content (AvgIpc) is 2.46. The van der Waals surface area contributed by atoms with Gasteiger partial charge in [0.05, 0.1) is 0 Å². The Kier molecular flexibility index (Phi) is 6.31. The van der Waals surface area contributed by atoms with Gasteiger partial charge in [-0.15, -0.1) is 0 Å². The molecule has 0 spiro atoms. The van der Waals surface area contributed by atoms with Crippen LogP contribution in [0.15, 0.2) is 12.1 Å². The number of hydrogen-bond donors (Lipinski definition) is 1. The SMILES string of the molecule is CCCc1cc(CNCC)cc(OC2CCCCC2)n1. The highest BCUT2D eigenvalue weighted by molar-refractivity contribution is 5.25. The summed E-state index contributed by atoms with van der Waals surface area (Å²) >= 11 is 0. The van der Waals surface area contributed by atoms with Crippen LogP contribution in [0.25, 0.3) is 0 Å². The van der Waals surface area contributed by atoms with Crippen LogP contribution in [0.2, 0.25) is 0 Å². The van der Waals surface area contributed by atoms with Crippen molar-refractivity contribution in [2.75, 3.05) is 6.54 Å². The number of rotatable bonds is 7. The van der Waals surface area contributed by atoms with Crippen LogP contribution in [-0.4, -0.2) is 17.6 Å². The van der Waals surface area contributed by atoms with Gasteiger partial charge in [0.2, 0.25) is 5.88 Å². The molecule has 0 bridgehead atoms. The second-order valence-corrected chi connectivity index (χ2v) is 5.71. The van der Waals surface area contributed by atoms with Gasteiger partial charge in [-0.1, -0.05) is 26.7 Å². The third kappa shape index (κ3) is 4.78. The number of nitrogens with zero attached hydrogens (tertiary/aromatic N) is 1. The number of ether oxygens (including phenoxy) is 1. The van der Waals surface area contributed by atoms with E-state index in [9.17, 15) is 0 Å². The van der Waals surface area contributed by atoms with E-state index < -0.39 is 0 Å². The average molecular weight is 276 g/mol. The Balaban J connectivity index is 2.06. The highest BCUT2D eigenvalue weighted by atomic mass is 16.5. The molecule has 20 heavy (non-hydrogen) atoms. The molecule has 1 heterocycles. The number of aromatic nitrogens is 1. The Morgan fingerprint density at radius 1 is 1.20 bits per heavy atom. The van der Waals surface area contributed by atoms with E-state index >= 15 is 0 Å². The third-order valence-corrected chi connectivity index (χ3v) is 3.84. The van der Waals surface area contributed by atoms with Crippen LogP contribution >= 0.6 is 0 Å². The van der Waals surface area contributed by atoms with Gasteiger partial charge in [0.25, 0.3) is 0 Å². The fraction of sp³-hybridized carbons (Fsp3) is 0.706. The van der Waals surface area contributed by atoms with Gasteiger partial charge in [-0.25, -0.2) is 4.98 Å². The minimum atomic E-state index is 0.375. The molecule has 3 heteroatoms. The first kappa shape index (κ1) is 15.3. The zero-order chi connectivity index (χ0) is 14.2. The molecule has 1 aromatic rings. The van der Waals surface area contributed by atoms with Gasteiger partial charge in [0, 0.05) is 18.3 Å². The smallest absolute Gasteiger partial charge is 0.214 e. The van der Waals surface area contributed by atoms with Crippen molar-refractivity contribution < 1.29 is 4.74 Å². The van der Waals surface area contributed by atoms with Crippen molar-refractivity contribution >= 4 is 0 Å². The van der Waals surface area contributed by atoms with Crippen molar-refractivity contribution in [3.05, 3.63) is 23.4 Å². The van der Waals surface area contributed by atoms with Crippen LogP contribution in [-0.2, 0) is 13.0 Å². The van der Waals surface area contributed by atoms with Crippen molar-refractivity contribution in [2.45, 2.75) is 71.4 Å². The molecule has 1 N–H and O–H groups in total. The Morgan fingerprint density at radius 2 is 2.00 bits per heavy atom. The van der Waals surface area contributed by atoms with Crippen LogP contribution < -0.4 is 10.1 Å². The molecule has 0 unspecified atom stereocenters. The van der Waals surface area contributed by atoms with Crippen LogP contribution in [0.4, 0.5) is 0 Å². The zero-order valence-electron chi connectivity index (χ0n) is 13.0. The van der Waals surface area contributed by atoms with Crippen LogP contribution in [0.1, 0.15) is 63.6 Å². The molecule has 1 aliphatic carbocycles. The summed E-state index contributed by atoms with van der Waals surface area (Å²) in [6.07, 6.45) is 8.84. The highest BCUT2D eigenvalue weighted by Gasteiger charge is 2.16. The molecule has 0 atom stereocenters. The summed E-state index contributed by atoms with van der Waals surface area (Å²) < 4.78 is 6.12. The van der Waals surface area contributed by atoms with Gasteiger partial charge >= 0.3 is 0 Å². The number of nitrogens with one attached hydrogen (secondary N) is 1. The molecule has 0 aromatic carbocycles. The summed E-state index contributed by atoms with van der Waals surface area (Å²) in [5.41, 5.74) is 2.45. The van der Waals surface area contributed by atoms with E-state index in [0.29, 0.717) is 6.10 Å². The molecule has 0 amide bonds. The number of aryl methyl sites for hydroxylation is 1. The number of hydrogen-bond acceptors (Lipinski definition) is 3. The quantitative estimate of drug-likeness (QED) is 0.821. The van der Waals surface area contributed by atoms with Crippen LogP contribution in [0.5, 0.6) is 5.88 Å². The van der Waals surface area contributed by atoms with Gasteiger partial charge in [0.1, 0.15) is 6.10 Å². The molecule has 1 fully saturated rings. The van der Waals surface area contributed by atoms with Crippen molar-refractivity contribution in [3.8, 4) is 5.88 Å². The van der Waals surface area contributed by atoms with Gasteiger partial charge < -0.3 is 10.1 Å². The van der Waals surface area contributed by atoms with Gasteiger partial charge in [-0.2, -0.15) is 0 Å². The van der Waals surface area contributed by atoms with Crippen molar-refractivity contribution in [3.63, 3.8) is 0 Å². The maximum Gasteiger partial charge on any atom is 0.214 e. The van der Waals surface area contributed by atoms with Gasteiger partial charge in [0.15, 0.2) is 0 Å². The summed E-state index contributed by atoms with van der Waals surface area (Å²) in [5.74, 6) is 0.829. The Bertz CT molecular complexity index is 400. The summed E-state index contributed by atoms with van der Waals surface area (Å²) in [6, 6.07) is 4.32. The predicted molar refractivity (Wildman–Crippen MR) is 83.1 cm³/mol. The van der Waals surface area contributed by atoms with E-state index in [1.54, 1.807) is 0 Å². The van der Waals surface area contributed by atoms with E-state index in [-0.39, 0.29) is 0 Å². The van der Waals surface area contributed by atoms with E-state index in [1.807, 2.05) is 0 Å².